The van der Waals surface area contributed by atoms with E-state index >= 15 is 0 Å². The first kappa shape index (κ1) is 63.4. The Bertz CT molecular complexity index is 995. The number of hydrogen-bond acceptors (Lipinski definition) is 6. The van der Waals surface area contributed by atoms with Crippen LogP contribution in [-0.2, 0) is 28.6 Å². The van der Waals surface area contributed by atoms with E-state index in [4.69, 9.17) is 14.2 Å². The highest BCUT2D eigenvalue weighted by Crippen LogP contribution is 2.19. The van der Waals surface area contributed by atoms with Gasteiger partial charge in [-0.1, -0.05) is 291 Å². The molecular formula is C59H114O6. The highest BCUT2D eigenvalue weighted by Gasteiger charge is 2.19. The average molecular weight is 920 g/mol. The van der Waals surface area contributed by atoms with Crippen LogP contribution in [0.3, 0.4) is 0 Å². The van der Waals surface area contributed by atoms with Crippen molar-refractivity contribution in [2.24, 2.45) is 11.8 Å². The molecule has 0 aromatic rings. The highest BCUT2D eigenvalue weighted by atomic mass is 16.6. The zero-order valence-electron chi connectivity index (χ0n) is 44.6. The van der Waals surface area contributed by atoms with Crippen molar-refractivity contribution in [3.63, 3.8) is 0 Å². The number of esters is 3. The lowest BCUT2D eigenvalue weighted by molar-refractivity contribution is -0.167. The molecule has 0 amide bonds. The second-order valence-corrected chi connectivity index (χ2v) is 21.0. The molecule has 0 heterocycles. The van der Waals surface area contributed by atoms with Crippen LogP contribution >= 0.6 is 0 Å². The van der Waals surface area contributed by atoms with Crippen LogP contribution in [0.1, 0.15) is 330 Å². The first-order chi connectivity index (χ1) is 31.8. The third kappa shape index (κ3) is 51.6. The maximum absolute atomic E-state index is 12.8. The van der Waals surface area contributed by atoms with Crippen LogP contribution < -0.4 is 0 Å². The zero-order chi connectivity index (χ0) is 47.5. The van der Waals surface area contributed by atoms with Gasteiger partial charge in [-0.25, -0.2) is 0 Å². The molecule has 6 nitrogen and oxygen atoms in total. The van der Waals surface area contributed by atoms with Gasteiger partial charge in [0.05, 0.1) is 0 Å². The lowest BCUT2D eigenvalue weighted by atomic mass is 9.99. The number of hydrogen-bond donors (Lipinski definition) is 0. The maximum atomic E-state index is 12.8. The number of unbranched alkanes of at least 4 members (excludes halogenated alkanes) is 37. The Morgan fingerprint density at radius 3 is 0.877 bits per heavy atom. The van der Waals surface area contributed by atoms with Crippen LogP contribution in [-0.4, -0.2) is 37.2 Å². The van der Waals surface area contributed by atoms with Gasteiger partial charge in [-0.3, -0.25) is 14.4 Å². The van der Waals surface area contributed by atoms with Crippen molar-refractivity contribution in [2.75, 3.05) is 13.2 Å². The standard InChI is InChI=1S/C59H114O6/c1-6-8-9-10-11-12-13-14-15-16-20-23-29-34-39-44-49-57(60)63-52-56(65-59(62)51-46-41-36-31-26-25-27-32-37-42-47-54(3)4)53-64-58(61)50-45-40-35-30-24-21-18-17-19-22-28-33-38-43-48-55(5)7-2/h54-56H,6-53H2,1-5H3/t55?,56-/m1/s1. The third-order valence-electron chi connectivity index (χ3n) is 13.8. The fourth-order valence-corrected chi connectivity index (χ4v) is 9.02. The Morgan fingerprint density at radius 2 is 0.585 bits per heavy atom. The number of ether oxygens (including phenoxy) is 3. The van der Waals surface area contributed by atoms with E-state index in [1.807, 2.05) is 0 Å². The first-order valence-corrected chi connectivity index (χ1v) is 29.3. The van der Waals surface area contributed by atoms with Gasteiger partial charge in [0.15, 0.2) is 6.10 Å². The van der Waals surface area contributed by atoms with Crippen LogP contribution in [0.2, 0.25) is 0 Å². The molecule has 0 aliphatic carbocycles. The summed E-state index contributed by atoms with van der Waals surface area (Å²) < 4.78 is 16.9. The Balaban J connectivity index is 4.28. The molecule has 0 saturated heterocycles. The molecule has 0 saturated carbocycles. The van der Waals surface area contributed by atoms with E-state index in [9.17, 15) is 14.4 Å². The van der Waals surface area contributed by atoms with Crippen LogP contribution in [0, 0.1) is 11.8 Å². The predicted octanol–water partition coefficient (Wildman–Crippen LogP) is 19.3. The summed E-state index contributed by atoms with van der Waals surface area (Å²) in [6.45, 7) is 11.4. The van der Waals surface area contributed by atoms with Gasteiger partial charge in [-0.05, 0) is 31.1 Å². The van der Waals surface area contributed by atoms with E-state index in [1.54, 1.807) is 0 Å². The molecule has 0 bridgehead atoms. The normalized spacial score (nSPS) is 12.5. The molecule has 6 heteroatoms. The van der Waals surface area contributed by atoms with E-state index in [2.05, 4.69) is 34.6 Å². The average Bonchev–Trinajstić information content (AvgIpc) is 3.29. The lowest BCUT2D eigenvalue weighted by Gasteiger charge is -2.18. The fourth-order valence-electron chi connectivity index (χ4n) is 9.02. The van der Waals surface area contributed by atoms with Gasteiger partial charge in [0.2, 0.25) is 0 Å². The molecule has 0 radical (unpaired) electrons. The summed E-state index contributed by atoms with van der Waals surface area (Å²) in [5.74, 6) is 0.873. The zero-order valence-corrected chi connectivity index (χ0v) is 44.6. The van der Waals surface area contributed by atoms with Crippen LogP contribution in [0.5, 0.6) is 0 Å². The van der Waals surface area contributed by atoms with Crippen molar-refractivity contribution in [3.05, 3.63) is 0 Å². The van der Waals surface area contributed by atoms with Crippen molar-refractivity contribution < 1.29 is 28.6 Å². The topological polar surface area (TPSA) is 78.9 Å². The smallest absolute Gasteiger partial charge is 0.306 e. The van der Waals surface area contributed by atoms with Crippen LogP contribution in [0.15, 0.2) is 0 Å². The van der Waals surface area contributed by atoms with E-state index in [0.29, 0.717) is 19.3 Å². The summed E-state index contributed by atoms with van der Waals surface area (Å²) >= 11 is 0. The largest absolute Gasteiger partial charge is 0.462 e. The molecule has 65 heavy (non-hydrogen) atoms. The van der Waals surface area contributed by atoms with Crippen LogP contribution in [0.4, 0.5) is 0 Å². The summed E-state index contributed by atoms with van der Waals surface area (Å²) in [4.78, 5) is 38.1. The molecule has 0 N–H and O–H groups in total. The Labute approximate surface area is 406 Å². The predicted molar refractivity (Wildman–Crippen MR) is 280 cm³/mol. The van der Waals surface area contributed by atoms with Gasteiger partial charge < -0.3 is 14.2 Å². The van der Waals surface area contributed by atoms with Crippen molar-refractivity contribution >= 4 is 17.9 Å². The second-order valence-electron chi connectivity index (χ2n) is 21.0. The Kier molecular flexibility index (Phi) is 50.5. The second kappa shape index (κ2) is 51.8. The fraction of sp³-hybridized carbons (Fsp3) is 0.949. The molecule has 0 rings (SSSR count). The molecule has 0 spiro atoms. The molecule has 0 aromatic carbocycles. The first-order valence-electron chi connectivity index (χ1n) is 29.3. The van der Waals surface area contributed by atoms with Crippen molar-refractivity contribution in [3.8, 4) is 0 Å². The summed E-state index contributed by atoms with van der Waals surface area (Å²) in [6, 6.07) is 0. The minimum Gasteiger partial charge on any atom is -0.462 e. The minimum absolute atomic E-state index is 0.0628. The van der Waals surface area contributed by atoms with Gasteiger partial charge in [-0.2, -0.15) is 0 Å². The molecule has 0 fully saturated rings. The molecule has 1 unspecified atom stereocenters. The molecule has 0 aliphatic heterocycles. The monoisotopic (exact) mass is 919 g/mol. The van der Waals surface area contributed by atoms with E-state index in [0.717, 1.165) is 69.6 Å². The summed E-state index contributed by atoms with van der Waals surface area (Å²) in [5.41, 5.74) is 0. The van der Waals surface area contributed by atoms with Crippen molar-refractivity contribution in [2.45, 2.75) is 336 Å². The minimum atomic E-state index is -0.763. The van der Waals surface area contributed by atoms with Gasteiger partial charge in [-0.15, -0.1) is 0 Å². The van der Waals surface area contributed by atoms with Crippen molar-refractivity contribution in [1.29, 1.82) is 0 Å². The maximum Gasteiger partial charge on any atom is 0.306 e. The molecule has 386 valence electrons. The lowest BCUT2D eigenvalue weighted by Crippen LogP contribution is -2.30. The summed E-state index contributed by atoms with van der Waals surface area (Å²) in [6.07, 6.45) is 55.1. The number of rotatable bonds is 53. The SMILES string of the molecule is CCCCCCCCCCCCCCCCCCC(=O)OC[C@H](COC(=O)CCCCCCCCCCCCCCCCC(C)CC)OC(=O)CCCCCCCCCCCCC(C)C. The van der Waals surface area contributed by atoms with E-state index < -0.39 is 6.10 Å². The highest BCUT2D eigenvalue weighted by molar-refractivity contribution is 5.71. The Morgan fingerprint density at radius 1 is 0.323 bits per heavy atom. The van der Waals surface area contributed by atoms with Crippen molar-refractivity contribution in [1.82, 2.24) is 0 Å². The molecular weight excluding hydrogens is 805 g/mol. The summed E-state index contributed by atoms with van der Waals surface area (Å²) in [7, 11) is 0. The summed E-state index contributed by atoms with van der Waals surface area (Å²) in [5, 5.41) is 0. The Hall–Kier alpha value is -1.59. The third-order valence-corrected chi connectivity index (χ3v) is 13.8. The molecule has 0 aliphatic rings. The van der Waals surface area contributed by atoms with Gasteiger partial charge in [0, 0.05) is 19.3 Å². The molecule has 2 atom stereocenters. The van der Waals surface area contributed by atoms with Gasteiger partial charge >= 0.3 is 17.9 Å². The molecule has 0 aromatic heterocycles. The van der Waals surface area contributed by atoms with E-state index in [1.165, 1.54) is 218 Å². The van der Waals surface area contributed by atoms with Crippen LogP contribution in [0.25, 0.3) is 0 Å². The van der Waals surface area contributed by atoms with E-state index in [-0.39, 0.29) is 31.1 Å². The number of carbonyl (C=O) groups excluding carboxylic acids is 3. The van der Waals surface area contributed by atoms with Gasteiger partial charge in [0.25, 0.3) is 0 Å². The number of carbonyl (C=O) groups is 3. The quantitative estimate of drug-likeness (QED) is 0.0344. The van der Waals surface area contributed by atoms with Gasteiger partial charge in [0.1, 0.15) is 13.2 Å².